The highest BCUT2D eigenvalue weighted by atomic mass is 16.6. The molecule has 0 aromatic rings. The fourth-order valence-corrected chi connectivity index (χ4v) is 3.81. The van der Waals surface area contributed by atoms with Crippen LogP contribution in [0.3, 0.4) is 0 Å². The van der Waals surface area contributed by atoms with Crippen molar-refractivity contribution in [1.82, 2.24) is 0 Å². The van der Waals surface area contributed by atoms with Crippen LogP contribution in [0.4, 0.5) is 0 Å². The SMILES string of the molecule is C=CC(=O)OCC(O)CCOCC(COCCOCC(O)COC(=O)C=C)(COCCOCC(O)COC(=O)C=C)COCCOCC(O)COC(=O)C=C. The predicted octanol–water partition coefficient (Wildman–Crippen LogP) is -1.16. The molecule has 55 heavy (non-hydrogen) atoms. The second-order valence-electron chi connectivity index (χ2n) is 11.7. The van der Waals surface area contributed by atoms with E-state index in [2.05, 4.69) is 26.3 Å². The van der Waals surface area contributed by atoms with Gasteiger partial charge in [-0.05, 0) is 6.42 Å². The number of esters is 4. The standard InChI is InChI=1S/C36H58O19/c1-5-32(41)52-20-28(37)9-10-48-24-36(25-49-14-11-45-17-29(38)21-53-33(42)6-2,26-50-15-12-46-18-30(39)22-54-34(43)7-3)27-51-16-13-47-19-31(40)23-55-35(44)8-4/h5-8,28-31,37-40H,1-4,9-27H2. The summed E-state index contributed by atoms with van der Waals surface area (Å²) in [6.45, 7) is 12.2. The highest BCUT2D eigenvalue weighted by Gasteiger charge is 2.33. The van der Waals surface area contributed by atoms with Crippen molar-refractivity contribution < 1.29 is 91.7 Å². The lowest BCUT2D eigenvalue weighted by atomic mass is 9.92. The average molecular weight is 795 g/mol. The Morgan fingerprint density at radius 1 is 0.400 bits per heavy atom. The zero-order valence-electron chi connectivity index (χ0n) is 31.3. The van der Waals surface area contributed by atoms with Crippen LogP contribution in [0.2, 0.25) is 0 Å². The zero-order valence-corrected chi connectivity index (χ0v) is 31.3. The molecule has 0 fully saturated rings. The molecule has 0 spiro atoms. The van der Waals surface area contributed by atoms with Crippen LogP contribution in [-0.4, -0.2) is 188 Å². The molecule has 0 saturated heterocycles. The summed E-state index contributed by atoms with van der Waals surface area (Å²) in [4.78, 5) is 44.9. The third kappa shape index (κ3) is 30.3. The van der Waals surface area contributed by atoms with Crippen LogP contribution >= 0.6 is 0 Å². The van der Waals surface area contributed by atoms with E-state index in [9.17, 15) is 39.6 Å². The van der Waals surface area contributed by atoms with Gasteiger partial charge in [-0.3, -0.25) is 0 Å². The molecule has 4 unspecified atom stereocenters. The molecule has 316 valence electrons. The van der Waals surface area contributed by atoms with Gasteiger partial charge in [-0.2, -0.15) is 0 Å². The van der Waals surface area contributed by atoms with Gasteiger partial charge in [-0.1, -0.05) is 26.3 Å². The number of carbonyl (C=O) groups excluding carboxylic acids is 4. The van der Waals surface area contributed by atoms with Crippen molar-refractivity contribution in [2.75, 3.05) is 119 Å². The van der Waals surface area contributed by atoms with Crippen molar-refractivity contribution in [3.63, 3.8) is 0 Å². The maximum absolute atomic E-state index is 11.3. The maximum Gasteiger partial charge on any atom is 0.330 e. The number of hydrogen-bond donors (Lipinski definition) is 4. The summed E-state index contributed by atoms with van der Waals surface area (Å²) in [5.41, 5.74) is -0.963. The summed E-state index contributed by atoms with van der Waals surface area (Å²) in [6, 6.07) is 0. The lowest BCUT2D eigenvalue weighted by Gasteiger charge is -2.33. The normalized spacial score (nSPS) is 14.3. The number of hydrogen-bond acceptors (Lipinski definition) is 19. The molecule has 19 nitrogen and oxygen atoms in total. The van der Waals surface area contributed by atoms with Gasteiger partial charge in [0.1, 0.15) is 44.7 Å². The smallest absolute Gasteiger partial charge is 0.330 e. The number of rotatable bonds is 38. The molecule has 0 aromatic carbocycles. The van der Waals surface area contributed by atoms with Crippen LogP contribution in [0.5, 0.6) is 0 Å². The number of aliphatic hydroxyl groups excluding tert-OH is 4. The topological polar surface area (TPSA) is 251 Å². The fraction of sp³-hybridized carbons (Fsp3) is 0.667. The lowest BCUT2D eigenvalue weighted by molar-refractivity contribution is -0.142. The van der Waals surface area contributed by atoms with E-state index in [0.717, 1.165) is 24.3 Å². The van der Waals surface area contributed by atoms with Crippen LogP contribution in [-0.2, 0) is 71.3 Å². The number of ether oxygens (including phenoxy) is 11. The van der Waals surface area contributed by atoms with Gasteiger partial charge < -0.3 is 72.5 Å². The average Bonchev–Trinajstić information content (AvgIpc) is 3.19. The first kappa shape index (κ1) is 51.4. The van der Waals surface area contributed by atoms with Crippen molar-refractivity contribution in [3.05, 3.63) is 50.6 Å². The van der Waals surface area contributed by atoms with Gasteiger partial charge in [0.2, 0.25) is 0 Å². The summed E-state index contributed by atoms with van der Waals surface area (Å²) in [7, 11) is 0. The van der Waals surface area contributed by atoms with Crippen LogP contribution in [0, 0.1) is 5.41 Å². The van der Waals surface area contributed by atoms with Crippen molar-refractivity contribution in [3.8, 4) is 0 Å². The van der Waals surface area contributed by atoms with Crippen LogP contribution in [0.15, 0.2) is 50.6 Å². The molecule has 0 saturated carbocycles. The molecule has 4 atom stereocenters. The molecule has 0 radical (unpaired) electrons. The molecule has 0 bridgehead atoms. The van der Waals surface area contributed by atoms with Crippen molar-refractivity contribution >= 4 is 23.9 Å². The van der Waals surface area contributed by atoms with Gasteiger partial charge in [-0.15, -0.1) is 0 Å². The van der Waals surface area contributed by atoms with E-state index < -0.39 is 53.7 Å². The molecule has 0 amide bonds. The summed E-state index contributed by atoms with van der Waals surface area (Å²) in [5.74, 6) is -2.71. The van der Waals surface area contributed by atoms with Gasteiger partial charge in [0.15, 0.2) is 0 Å². The molecular formula is C36H58O19. The number of carbonyl (C=O) groups is 4. The van der Waals surface area contributed by atoms with E-state index in [1.807, 2.05) is 0 Å². The highest BCUT2D eigenvalue weighted by Crippen LogP contribution is 2.21. The Labute approximate surface area is 321 Å². The van der Waals surface area contributed by atoms with Crippen LogP contribution < -0.4 is 0 Å². The Hall–Kier alpha value is -3.60. The zero-order chi connectivity index (χ0) is 41.2. The molecule has 19 heteroatoms. The first-order valence-electron chi connectivity index (χ1n) is 17.3. The van der Waals surface area contributed by atoms with Gasteiger partial charge in [0.05, 0.1) is 97.4 Å². The predicted molar refractivity (Wildman–Crippen MR) is 191 cm³/mol. The molecule has 0 rings (SSSR count). The van der Waals surface area contributed by atoms with E-state index in [1.54, 1.807) is 0 Å². The first-order valence-corrected chi connectivity index (χ1v) is 17.3. The van der Waals surface area contributed by atoms with Gasteiger partial charge in [0.25, 0.3) is 0 Å². The minimum Gasteiger partial charge on any atom is -0.460 e. The van der Waals surface area contributed by atoms with Crippen molar-refractivity contribution in [2.45, 2.75) is 30.8 Å². The maximum atomic E-state index is 11.3. The monoisotopic (exact) mass is 794 g/mol. The van der Waals surface area contributed by atoms with Crippen LogP contribution in [0.25, 0.3) is 0 Å². The summed E-state index contributed by atoms with van der Waals surface area (Å²) < 4.78 is 59.0. The van der Waals surface area contributed by atoms with Gasteiger partial charge >= 0.3 is 23.9 Å². The summed E-state index contributed by atoms with van der Waals surface area (Å²) in [5, 5.41) is 40.0. The van der Waals surface area contributed by atoms with Crippen molar-refractivity contribution in [1.29, 1.82) is 0 Å². The molecule has 0 aliphatic heterocycles. The van der Waals surface area contributed by atoms with E-state index in [1.165, 1.54) is 0 Å². The van der Waals surface area contributed by atoms with E-state index >= 15 is 0 Å². The number of aliphatic hydroxyl groups is 4. The second kappa shape index (κ2) is 33.7. The molecular weight excluding hydrogens is 736 g/mol. The Kier molecular flexibility index (Phi) is 31.5. The first-order chi connectivity index (χ1) is 26.4. The molecule has 0 aliphatic carbocycles. The fourth-order valence-electron chi connectivity index (χ4n) is 3.81. The van der Waals surface area contributed by atoms with E-state index in [4.69, 9.17) is 52.1 Å². The third-order valence-electron chi connectivity index (χ3n) is 6.61. The molecule has 0 heterocycles. The van der Waals surface area contributed by atoms with Crippen molar-refractivity contribution in [2.24, 2.45) is 5.41 Å². The summed E-state index contributed by atoms with van der Waals surface area (Å²) >= 11 is 0. The molecule has 4 N–H and O–H groups in total. The van der Waals surface area contributed by atoms with E-state index in [0.29, 0.717) is 0 Å². The molecule has 0 aliphatic rings. The minimum absolute atomic E-state index is 0.00287. The highest BCUT2D eigenvalue weighted by molar-refractivity contribution is 5.82. The Morgan fingerprint density at radius 2 is 0.655 bits per heavy atom. The third-order valence-corrected chi connectivity index (χ3v) is 6.61. The Morgan fingerprint density at radius 3 is 0.945 bits per heavy atom. The van der Waals surface area contributed by atoms with Gasteiger partial charge in [-0.25, -0.2) is 19.2 Å². The lowest BCUT2D eigenvalue weighted by Crippen LogP contribution is -2.43. The quantitative estimate of drug-likeness (QED) is 0.0249. The van der Waals surface area contributed by atoms with Crippen LogP contribution in [0.1, 0.15) is 6.42 Å². The largest absolute Gasteiger partial charge is 0.460 e. The van der Waals surface area contributed by atoms with E-state index in [-0.39, 0.29) is 125 Å². The Balaban J connectivity index is 5.37. The minimum atomic E-state index is -1.06. The van der Waals surface area contributed by atoms with Gasteiger partial charge in [0, 0.05) is 30.9 Å². The second-order valence-corrected chi connectivity index (χ2v) is 11.7. The Bertz CT molecular complexity index is 996. The summed E-state index contributed by atoms with van der Waals surface area (Å²) in [6.07, 6.45) is -0.175. The molecule has 0 aromatic heterocycles.